The first kappa shape index (κ1) is 20.2. The molecule has 0 unspecified atom stereocenters. The molecule has 0 aliphatic carbocycles. The lowest BCUT2D eigenvalue weighted by Gasteiger charge is -2.05. The van der Waals surface area contributed by atoms with E-state index in [9.17, 15) is 23.1 Å². The summed E-state index contributed by atoms with van der Waals surface area (Å²) >= 11 is 2.54. The van der Waals surface area contributed by atoms with E-state index >= 15 is 0 Å². The van der Waals surface area contributed by atoms with Crippen molar-refractivity contribution in [1.29, 1.82) is 0 Å². The van der Waals surface area contributed by atoms with Gasteiger partial charge in [-0.3, -0.25) is 4.79 Å². The highest BCUT2D eigenvalue weighted by molar-refractivity contribution is 7.21. The third-order valence-electron chi connectivity index (χ3n) is 4.42. The van der Waals surface area contributed by atoms with Crippen molar-refractivity contribution in [1.82, 2.24) is 5.32 Å². The number of hydrogen-bond donors (Lipinski definition) is 2. The second-order valence-electron chi connectivity index (χ2n) is 6.36. The minimum Gasteiger partial charge on any atom is -0.506 e. The predicted octanol–water partition coefficient (Wildman–Crippen LogP) is 6.75. The van der Waals surface area contributed by atoms with E-state index in [-0.39, 0.29) is 10.3 Å². The van der Waals surface area contributed by atoms with Crippen LogP contribution in [0.25, 0.3) is 26.6 Å². The number of benzene rings is 2. The molecule has 4 aromatic rings. The molecule has 0 saturated heterocycles. The first-order chi connectivity index (χ1) is 14.3. The summed E-state index contributed by atoms with van der Waals surface area (Å²) in [5.41, 5.74) is 1.04. The highest BCUT2D eigenvalue weighted by Gasteiger charge is 2.31. The summed E-state index contributed by atoms with van der Waals surface area (Å²) in [7, 11) is 0. The van der Waals surface area contributed by atoms with E-state index in [0.29, 0.717) is 4.70 Å². The molecule has 1 amide bonds. The molecule has 0 fully saturated rings. The standard InChI is InChI=1S/C22H14F3NO2S2/c23-22(24,25)14-7-8-18-16(12-14)19(27)20(30-18)21(28)26-10-9-13-4-1-2-5-15(13)17-6-3-11-29-17/h1-12,27H,(H,26,28). The number of rotatable bonds is 4. The topological polar surface area (TPSA) is 49.3 Å². The number of carbonyl (C=O) groups excluding carboxylic acids is 1. The van der Waals surface area contributed by atoms with Crippen molar-refractivity contribution in [3.05, 3.63) is 82.2 Å². The average Bonchev–Trinajstić information content (AvgIpc) is 3.36. The second kappa shape index (κ2) is 7.97. The summed E-state index contributed by atoms with van der Waals surface area (Å²) in [5.74, 6) is -1.04. The van der Waals surface area contributed by atoms with Gasteiger partial charge in [-0.2, -0.15) is 13.2 Å². The minimum absolute atomic E-state index is 0.00648. The van der Waals surface area contributed by atoms with Crippen LogP contribution in [-0.2, 0) is 6.18 Å². The van der Waals surface area contributed by atoms with E-state index in [0.717, 1.165) is 39.5 Å². The number of alkyl halides is 3. The van der Waals surface area contributed by atoms with Crippen LogP contribution >= 0.6 is 22.7 Å². The molecule has 0 bridgehead atoms. The molecule has 2 aromatic carbocycles. The van der Waals surface area contributed by atoms with Gasteiger partial charge in [-0.15, -0.1) is 22.7 Å². The number of carbonyl (C=O) groups is 1. The van der Waals surface area contributed by atoms with Gasteiger partial charge >= 0.3 is 6.18 Å². The summed E-state index contributed by atoms with van der Waals surface area (Å²) in [6.07, 6.45) is -1.33. The Morgan fingerprint density at radius 2 is 1.87 bits per heavy atom. The maximum Gasteiger partial charge on any atom is 0.416 e. The van der Waals surface area contributed by atoms with Crippen LogP contribution in [0, 0.1) is 0 Å². The van der Waals surface area contributed by atoms with Crippen molar-refractivity contribution in [2.75, 3.05) is 0 Å². The molecule has 0 saturated carbocycles. The summed E-state index contributed by atoms with van der Waals surface area (Å²) in [5, 5.41) is 14.9. The number of fused-ring (bicyclic) bond motifs is 1. The molecule has 30 heavy (non-hydrogen) atoms. The van der Waals surface area contributed by atoms with Gasteiger partial charge in [-0.25, -0.2) is 0 Å². The molecule has 0 spiro atoms. The maximum atomic E-state index is 12.9. The van der Waals surface area contributed by atoms with Crippen molar-refractivity contribution in [3.63, 3.8) is 0 Å². The van der Waals surface area contributed by atoms with Gasteiger partial charge in [-0.05, 0) is 46.8 Å². The molecule has 0 aliphatic rings. The third kappa shape index (κ3) is 3.96. The van der Waals surface area contributed by atoms with Crippen LogP contribution in [-0.4, -0.2) is 11.0 Å². The van der Waals surface area contributed by atoms with Crippen molar-refractivity contribution in [2.45, 2.75) is 6.18 Å². The van der Waals surface area contributed by atoms with Gasteiger partial charge < -0.3 is 10.4 Å². The molecular formula is C22H14F3NO2S2. The Balaban J connectivity index is 1.57. The summed E-state index contributed by atoms with van der Waals surface area (Å²) in [6, 6.07) is 14.7. The quantitative estimate of drug-likeness (QED) is 0.365. The lowest BCUT2D eigenvalue weighted by atomic mass is 10.1. The van der Waals surface area contributed by atoms with Crippen LogP contribution in [0.2, 0.25) is 0 Å². The van der Waals surface area contributed by atoms with Crippen LogP contribution < -0.4 is 5.32 Å². The van der Waals surface area contributed by atoms with E-state index < -0.39 is 23.4 Å². The molecule has 2 N–H and O–H groups in total. The van der Waals surface area contributed by atoms with E-state index in [2.05, 4.69) is 5.32 Å². The summed E-state index contributed by atoms with van der Waals surface area (Å²) < 4.78 is 39.1. The van der Waals surface area contributed by atoms with Gasteiger partial charge in [0.05, 0.1) is 5.56 Å². The van der Waals surface area contributed by atoms with Crippen LogP contribution in [0.3, 0.4) is 0 Å². The Morgan fingerprint density at radius 3 is 2.60 bits per heavy atom. The first-order valence-electron chi connectivity index (χ1n) is 8.77. The van der Waals surface area contributed by atoms with E-state index in [4.69, 9.17) is 0 Å². The van der Waals surface area contributed by atoms with E-state index in [1.807, 2.05) is 41.8 Å². The molecule has 2 aromatic heterocycles. The van der Waals surface area contributed by atoms with E-state index in [1.165, 1.54) is 12.3 Å². The fraction of sp³-hybridized carbons (Fsp3) is 0.0455. The number of aromatic hydroxyl groups is 1. The fourth-order valence-corrected chi connectivity index (χ4v) is 4.74. The van der Waals surface area contributed by atoms with Crippen molar-refractivity contribution in [2.24, 2.45) is 0 Å². The second-order valence-corrected chi connectivity index (χ2v) is 8.36. The lowest BCUT2D eigenvalue weighted by Crippen LogP contribution is -2.15. The number of thiophene rings is 2. The Bertz CT molecular complexity index is 1240. The SMILES string of the molecule is O=C(NC=Cc1ccccc1-c1cccs1)c1sc2ccc(C(F)(F)F)cc2c1O. The number of halogens is 3. The Hall–Kier alpha value is -3.10. The van der Waals surface area contributed by atoms with Gasteiger partial charge in [0.1, 0.15) is 10.6 Å². The van der Waals surface area contributed by atoms with Crippen LogP contribution in [0.5, 0.6) is 5.75 Å². The summed E-state index contributed by atoms with van der Waals surface area (Å²) in [6.45, 7) is 0. The Morgan fingerprint density at radius 1 is 1.07 bits per heavy atom. The number of nitrogens with one attached hydrogen (secondary N) is 1. The van der Waals surface area contributed by atoms with Crippen LogP contribution in [0.4, 0.5) is 13.2 Å². The van der Waals surface area contributed by atoms with Gasteiger partial charge in [0.25, 0.3) is 5.91 Å². The fourth-order valence-electron chi connectivity index (χ4n) is 2.99. The zero-order valence-corrected chi connectivity index (χ0v) is 16.9. The van der Waals surface area contributed by atoms with Gasteiger partial charge in [0.2, 0.25) is 0 Å². The normalized spacial score (nSPS) is 12.0. The summed E-state index contributed by atoms with van der Waals surface area (Å²) in [4.78, 5) is 13.5. The van der Waals surface area contributed by atoms with E-state index in [1.54, 1.807) is 17.4 Å². The molecular weight excluding hydrogens is 431 g/mol. The highest BCUT2D eigenvalue weighted by Crippen LogP contribution is 2.40. The largest absolute Gasteiger partial charge is 0.506 e. The molecule has 4 rings (SSSR count). The van der Waals surface area contributed by atoms with Gasteiger partial charge in [-0.1, -0.05) is 30.3 Å². The average molecular weight is 445 g/mol. The van der Waals surface area contributed by atoms with Crippen molar-refractivity contribution >= 4 is 44.7 Å². The van der Waals surface area contributed by atoms with Crippen LogP contribution in [0.15, 0.2) is 66.2 Å². The Kier molecular flexibility index (Phi) is 5.36. The lowest BCUT2D eigenvalue weighted by molar-refractivity contribution is -0.137. The molecule has 2 heterocycles. The molecule has 0 aliphatic heterocycles. The maximum absolute atomic E-state index is 12.9. The zero-order valence-electron chi connectivity index (χ0n) is 15.2. The third-order valence-corrected chi connectivity index (χ3v) is 6.48. The molecule has 3 nitrogen and oxygen atoms in total. The molecule has 0 radical (unpaired) electrons. The van der Waals surface area contributed by atoms with Crippen molar-refractivity contribution in [3.8, 4) is 16.2 Å². The molecule has 152 valence electrons. The monoisotopic (exact) mass is 445 g/mol. The predicted molar refractivity (Wildman–Crippen MR) is 115 cm³/mol. The Labute approximate surface area is 177 Å². The molecule has 0 atom stereocenters. The number of amides is 1. The zero-order chi connectivity index (χ0) is 21.3. The molecule has 8 heteroatoms. The van der Waals surface area contributed by atoms with Crippen molar-refractivity contribution < 1.29 is 23.1 Å². The first-order valence-corrected chi connectivity index (χ1v) is 10.5. The smallest absolute Gasteiger partial charge is 0.416 e. The van der Waals surface area contributed by atoms with Gasteiger partial charge in [0.15, 0.2) is 0 Å². The van der Waals surface area contributed by atoms with Crippen LogP contribution in [0.1, 0.15) is 20.8 Å². The highest BCUT2D eigenvalue weighted by atomic mass is 32.1. The van der Waals surface area contributed by atoms with Gasteiger partial charge in [0, 0.05) is 21.2 Å². The minimum atomic E-state index is -4.52. The number of hydrogen-bond acceptors (Lipinski definition) is 4.